The van der Waals surface area contributed by atoms with Crippen LogP contribution in [0.15, 0.2) is 58.9 Å². The summed E-state index contributed by atoms with van der Waals surface area (Å²) in [4.78, 5) is 28.7. The Morgan fingerprint density at radius 2 is 1.71 bits per heavy atom. The van der Waals surface area contributed by atoms with Crippen molar-refractivity contribution >= 4 is 67.3 Å². The summed E-state index contributed by atoms with van der Waals surface area (Å²) in [7, 11) is 0. The van der Waals surface area contributed by atoms with E-state index in [1.807, 2.05) is 54.6 Å². The molecule has 0 bridgehead atoms. The fraction of sp³-hybridized carbons (Fsp3) is 0.0556. The predicted octanol–water partition coefficient (Wildman–Crippen LogP) is 4.13. The average Bonchev–Trinajstić information content (AvgIpc) is 3.34. The van der Waals surface area contributed by atoms with Crippen molar-refractivity contribution in [3.05, 3.63) is 59.6 Å². The number of amides is 2. The van der Waals surface area contributed by atoms with E-state index in [1.54, 1.807) is 0 Å². The van der Waals surface area contributed by atoms with Gasteiger partial charge in [0.2, 0.25) is 11.0 Å². The number of carbonyl (C=O) groups excluding carboxylic acids is 2. The molecule has 0 saturated heterocycles. The van der Waals surface area contributed by atoms with Crippen LogP contribution < -0.4 is 10.6 Å². The number of nitrogens with one attached hydrogen (secondary N) is 2. The third-order valence-corrected chi connectivity index (χ3v) is 6.51. The largest absolute Gasteiger partial charge is 0.325 e. The number of hydrogen-bond acceptors (Lipinski definition) is 8. The number of benzene rings is 2. The molecule has 0 atom stereocenters. The monoisotopic (exact) mass is 427 g/mol. The standard InChI is InChI=1S/C18H13N5O2S3/c24-14(19-11-6-2-1-3-7-11)10-26-18-23-22-17(28-18)21-15(25)16-20-12-8-4-5-9-13(12)27-16/h1-9H,10H2,(H,19,24)(H,21,22,25). The van der Waals surface area contributed by atoms with Crippen molar-refractivity contribution in [2.75, 3.05) is 16.4 Å². The molecule has 0 unspecified atom stereocenters. The van der Waals surface area contributed by atoms with Crippen LogP contribution in [-0.2, 0) is 4.79 Å². The lowest BCUT2D eigenvalue weighted by atomic mass is 10.3. The van der Waals surface area contributed by atoms with E-state index in [0.29, 0.717) is 14.5 Å². The molecule has 4 aromatic rings. The molecule has 140 valence electrons. The van der Waals surface area contributed by atoms with Gasteiger partial charge in [0.05, 0.1) is 16.0 Å². The molecule has 0 saturated carbocycles. The lowest BCUT2D eigenvalue weighted by Crippen LogP contribution is -2.13. The van der Waals surface area contributed by atoms with Gasteiger partial charge in [0.25, 0.3) is 5.91 Å². The highest BCUT2D eigenvalue weighted by atomic mass is 32.2. The molecular weight excluding hydrogens is 414 g/mol. The van der Waals surface area contributed by atoms with E-state index in [-0.39, 0.29) is 17.6 Å². The van der Waals surface area contributed by atoms with Gasteiger partial charge < -0.3 is 5.32 Å². The number of fused-ring (bicyclic) bond motifs is 1. The molecule has 0 radical (unpaired) electrons. The Kier molecular flexibility index (Phi) is 5.60. The molecule has 4 rings (SSSR count). The fourth-order valence-corrected chi connectivity index (χ4v) is 4.69. The number of nitrogens with zero attached hydrogens (tertiary/aromatic N) is 3. The number of anilines is 2. The zero-order chi connectivity index (χ0) is 19.3. The van der Waals surface area contributed by atoms with Crippen molar-refractivity contribution < 1.29 is 9.59 Å². The van der Waals surface area contributed by atoms with Gasteiger partial charge in [-0.15, -0.1) is 21.5 Å². The molecule has 2 N–H and O–H groups in total. The molecule has 7 nitrogen and oxygen atoms in total. The van der Waals surface area contributed by atoms with Gasteiger partial charge in [-0.1, -0.05) is 53.4 Å². The summed E-state index contributed by atoms with van der Waals surface area (Å²) in [6, 6.07) is 16.8. The first-order valence-corrected chi connectivity index (χ1v) is 10.8. The molecule has 0 aliphatic rings. The van der Waals surface area contributed by atoms with Crippen molar-refractivity contribution in [3.8, 4) is 0 Å². The van der Waals surface area contributed by atoms with E-state index >= 15 is 0 Å². The molecule has 0 aliphatic carbocycles. The summed E-state index contributed by atoms with van der Waals surface area (Å²) < 4.78 is 1.55. The lowest BCUT2D eigenvalue weighted by Gasteiger charge is -2.02. The third-order valence-electron chi connectivity index (χ3n) is 3.50. The Balaban J connectivity index is 1.32. The van der Waals surface area contributed by atoms with E-state index in [9.17, 15) is 9.59 Å². The van der Waals surface area contributed by atoms with Crippen LogP contribution in [-0.4, -0.2) is 32.7 Å². The molecule has 2 aromatic carbocycles. The van der Waals surface area contributed by atoms with Crippen molar-refractivity contribution in [1.82, 2.24) is 15.2 Å². The van der Waals surface area contributed by atoms with Crippen LogP contribution in [0, 0.1) is 0 Å². The zero-order valence-corrected chi connectivity index (χ0v) is 16.7. The SMILES string of the molecule is O=C(CSc1nnc(NC(=O)c2nc3ccccc3s2)s1)Nc1ccccc1. The van der Waals surface area contributed by atoms with Crippen LogP contribution in [0.1, 0.15) is 9.80 Å². The Labute approximate surface area is 172 Å². The maximum Gasteiger partial charge on any atom is 0.286 e. The summed E-state index contributed by atoms with van der Waals surface area (Å²) in [6.07, 6.45) is 0. The van der Waals surface area contributed by atoms with E-state index in [4.69, 9.17) is 0 Å². The zero-order valence-electron chi connectivity index (χ0n) is 14.3. The summed E-state index contributed by atoms with van der Waals surface area (Å²) >= 11 is 3.80. The second kappa shape index (κ2) is 8.46. The normalized spacial score (nSPS) is 10.7. The first-order valence-electron chi connectivity index (χ1n) is 8.15. The van der Waals surface area contributed by atoms with Crippen LogP contribution in [0.3, 0.4) is 0 Å². The second-order valence-corrected chi connectivity index (χ2v) is 8.75. The van der Waals surface area contributed by atoms with Crippen molar-refractivity contribution in [1.29, 1.82) is 0 Å². The number of thioether (sulfide) groups is 1. The number of rotatable bonds is 6. The third kappa shape index (κ3) is 4.53. The van der Waals surface area contributed by atoms with Crippen LogP contribution >= 0.6 is 34.4 Å². The van der Waals surface area contributed by atoms with Gasteiger partial charge in [0.1, 0.15) is 0 Å². The number of carbonyl (C=O) groups is 2. The molecule has 0 aliphatic heterocycles. The maximum atomic E-state index is 12.4. The molecule has 0 spiro atoms. The lowest BCUT2D eigenvalue weighted by molar-refractivity contribution is -0.113. The maximum absolute atomic E-state index is 12.4. The number of thiazole rings is 1. The molecule has 28 heavy (non-hydrogen) atoms. The fourth-order valence-electron chi connectivity index (χ4n) is 2.28. The van der Waals surface area contributed by atoms with Crippen LogP contribution in [0.4, 0.5) is 10.8 Å². The minimum atomic E-state index is -0.323. The van der Waals surface area contributed by atoms with Crippen LogP contribution in [0.5, 0.6) is 0 Å². The van der Waals surface area contributed by atoms with Crippen molar-refractivity contribution in [2.45, 2.75) is 4.34 Å². The van der Waals surface area contributed by atoms with Gasteiger partial charge in [-0.2, -0.15) is 0 Å². The highest BCUT2D eigenvalue weighted by Crippen LogP contribution is 2.27. The molecule has 10 heteroatoms. The summed E-state index contributed by atoms with van der Waals surface area (Å²) in [5, 5.41) is 14.2. The first-order chi connectivity index (χ1) is 13.7. The number of hydrogen-bond donors (Lipinski definition) is 2. The molecule has 2 amide bonds. The highest BCUT2D eigenvalue weighted by molar-refractivity contribution is 8.01. The van der Waals surface area contributed by atoms with Gasteiger partial charge in [0, 0.05) is 5.69 Å². The Hall–Kier alpha value is -2.82. The van der Waals surface area contributed by atoms with Crippen molar-refractivity contribution in [2.24, 2.45) is 0 Å². The Bertz CT molecular complexity index is 1090. The van der Waals surface area contributed by atoms with E-state index in [0.717, 1.165) is 15.9 Å². The van der Waals surface area contributed by atoms with Gasteiger partial charge in [0.15, 0.2) is 9.35 Å². The summed E-state index contributed by atoms with van der Waals surface area (Å²) in [6.45, 7) is 0. The smallest absolute Gasteiger partial charge is 0.286 e. The molecule has 2 heterocycles. The first kappa shape index (κ1) is 18.5. The molecule has 0 fully saturated rings. The second-order valence-electron chi connectivity index (χ2n) is 5.52. The topological polar surface area (TPSA) is 96.9 Å². The predicted molar refractivity (Wildman–Crippen MR) is 113 cm³/mol. The summed E-state index contributed by atoms with van der Waals surface area (Å²) in [5.41, 5.74) is 1.53. The quantitative estimate of drug-likeness (QED) is 0.355. The Morgan fingerprint density at radius 1 is 0.929 bits per heavy atom. The number of aromatic nitrogens is 3. The van der Waals surface area contributed by atoms with Gasteiger partial charge in [-0.25, -0.2) is 4.98 Å². The minimum Gasteiger partial charge on any atom is -0.325 e. The average molecular weight is 428 g/mol. The Morgan fingerprint density at radius 3 is 2.54 bits per heavy atom. The highest BCUT2D eigenvalue weighted by Gasteiger charge is 2.15. The minimum absolute atomic E-state index is 0.133. The van der Waals surface area contributed by atoms with Crippen LogP contribution in [0.2, 0.25) is 0 Å². The van der Waals surface area contributed by atoms with E-state index < -0.39 is 0 Å². The number of para-hydroxylation sites is 2. The van der Waals surface area contributed by atoms with Crippen LogP contribution in [0.25, 0.3) is 10.2 Å². The molecule has 2 aromatic heterocycles. The van der Waals surface area contributed by atoms with E-state index in [1.165, 1.54) is 34.4 Å². The molecular formula is C18H13N5O2S3. The van der Waals surface area contributed by atoms with E-state index in [2.05, 4.69) is 25.8 Å². The van der Waals surface area contributed by atoms with Gasteiger partial charge in [-0.05, 0) is 24.3 Å². The summed E-state index contributed by atoms with van der Waals surface area (Å²) in [5.74, 6) is -0.253. The van der Waals surface area contributed by atoms with Gasteiger partial charge in [-0.3, -0.25) is 14.9 Å². The van der Waals surface area contributed by atoms with Gasteiger partial charge >= 0.3 is 0 Å². The van der Waals surface area contributed by atoms with Crippen molar-refractivity contribution in [3.63, 3.8) is 0 Å².